The number of carbonyl (C=O) groups excluding carboxylic acids is 1. The van der Waals surface area contributed by atoms with Crippen molar-refractivity contribution in [1.82, 2.24) is 14.9 Å². The molecule has 7 heteroatoms. The van der Waals surface area contributed by atoms with Crippen molar-refractivity contribution in [2.24, 2.45) is 7.05 Å². The van der Waals surface area contributed by atoms with E-state index in [9.17, 15) is 4.79 Å². The number of ether oxygens (including phenoxy) is 1. The van der Waals surface area contributed by atoms with Gasteiger partial charge in [-0.2, -0.15) is 5.10 Å². The van der Waals surface area contributed by atoms with E-state index >= 15 is 0 Å². The highest BCUT2D eigenvalue weighted by molar-refractivity contribution is 6.04. The number of aromatic nitrogens is 3. The highest BCUT2D eigenvalue weighted by Gasteiger charge is 2.21. The summed E-state index contributed by atoms with van der Waals surface area (Å²) in [6, 6.07) is 5.96. The number of rotatable bonds is 5. The van der Waals surface area contributed by atoms with E-state index in [1.807, 2.05) is 32.9 Å². The molecule has 7 nitrogen and oxygen atoms in total. The van der Waals surface area contributed by atoms with Crippen LogP contribution in [0.25, 0.3) is 0 Å². The zero-order valence-electron chi connectivity index (χ0n) is 15.6. The summed E-state index contributed by atoms with van der Waals surface area (Å²) in [5, 5.41) is 10.9. The minimum atomic E-state index is -0.350. The number of hydrogen-bond donors (Lipinski definition) is 1. The van der Waals surface area contributed by atoms with E-state index in [4.69, 9.17) is 9.26 Å². The summed E-state index contributed by atoms with van der Waals surface area (Å²) in [6.07, 6.45) is 1.74. The lowest BCUT2D eigenvalue weighted by molar-refractivity contribution is 0.101. The molecule has 0 fully saturated rings. The molecule has 0 spiro atoms. The first-order valence-corrected chi connectivity index (χ1v) is 8.32. The quantitative estimate of drug-likeness (QED) is 0.758. The Hall–Kier alpha value is -3.09. The number of aryl methyl sites for hydroxylation is 5. The summed E-state index contributed by atoms with van der Waals surface area (Å²) < 4.78 is 12.7. The molecule has 0 bridgehead atoms. The molecule has 26 heavy (non-hydrogen) atoms. The van der Waals surface area contributed by atoms with Crippen molar-refractivity contribution in [2.75, 3.05) is 5.32 Å². The number of nitrogens with one attached hydrogen (secondary N) is 1. The van der Waals surface area contributed by atoms with E-state index in [-0.39, 0.29) is 18.2 Å². The van der Waals surface area contributed by atoms with E-state index in [0.29, 0.717) is 17.0 Å². The Morgan fingerprint density at radius 3 is 2.69 bits per heavy atom. The van der Waals surface area contributed by atoms with Crippen molar-refractivity contribution >= 4 is 11.6 Å². The predicted octanol–water partition coefficient (Wildman–Crippen LogP) is 3.47. The van der Waals surface area contributed by atoms with Crippen LogP contribution in [0.3, 0.4) is 0 Å². The second-order valence-corrected chi connectivity index (χ2v) is 6.38. The number of benzene rings is 1. The molecule has 0 aliphatic heterocycles. The van der Waals surface area contributed by atoms with Gasteiger partial charge in [0.2, 0.25) is 0 Å². The van der Waals surface area contributed by atoms with Crippen LogP contribution in [0.1, 0.15) is 38.6 Å². The van der Waals surface area contributed by atoms with Crippen molar-refractivity contribution in [3.8, 4) is 5.75 Å². The van der Waals surface area contributed by atoms with Gasteiger partial charge in [0.15, 0.2) is 5.69 Å². The molecule has 3 aromatic rings. The lowest BCUT2D eigenvalue weighted by atomic mass is 10.1. The Morgan fingerprint density at radius 1 is 1.27 bits per heavy atom. The van der Waals surface area contributed by atoms with Gasteiger partial charge in [0.1, 0.15) is 18.1 Å². The molecule has 0 unspecified atom stereocenters. The van der Waals surface area contributed by atoms with Crippen LogP contribution >= 0.6 is 0 Å². The lowest BCUT2D eigenvalue weighted by Gasteiger charge is -2.10. The van der Waals surface area contributed by atoms with E-state index in [2.05, 4.69) is 21.6 Å². The summed E-state index contributed by atoms with van der Waals surface area (Å²) in [5.41, 5.74) is 4.42. The van der Waals surface area contributed by atoms with Crippen LogP contribution in [-0.2, 0) is 13.7 Å². The maximum atomic E-state index is 12.6. The van der Waals surface area contributed by atoms with E-state index in [1.54, 1.807) is 24.9 Å². The molecule has 0 saturated carbocycles. The second kappa shape index (κ2) is 7.03. The fourth-order valence-electron chi connectivity index (χ4n) is 2.75. The number of hydrogen-bond acceptors (Lipinski definition) is 5. The van der Waals surface area contributed by atoms with Gasteiger partial charge in [-0.15, -0.1) is 0 Å². The molecule has 2 heterocycles. The Bertz CT molecular complexity index is 956. The average molecular weight is 354 g/mol. The van der Waals surface area contributed by atoms with Gasteiger partial charge in [0.05, 0.1) is 16.9 Å². The summed E-state index contributed by atoms with van der Waals surface area (Å²) in [7, 11) is 1.80. The highest BCUT2D eigenvalue weighted by Crippen LogP contribution is 2.23. The monoisotopic (exact) mass is 354 g/mol. The third-order valence-corrected chi connectivity index (χ3v) is 4.16. The Balaban J connectivity index is 1.78. The minimum absolute atomic E-state index is 0.202. The highest BCUT2D eigenvalue weighted by atomic mass is 16.5. The van der Waals surface area contributed by atoms with Gasteiger partial charge in [-0.3, -0.25) is 9.48 Å². The Morgan fingerprint density at radius 2 is 2.04 bits per heavy atom. The third kappa shape index (κ3) is 3.61. The molecule has 0 aliphatic carbocycles. The predicted molar refractivity (Wildman–Crippen MR) is 97.4 cm³/mol. The normalized spacial score (nSPS) is 10.8. The summed E-state index contributed by atoms with van der Waals surface area (Å²) in [6.45, 7) is 7.81. The first kappa shape index (κ1) is 17.7. The molecule has 3 rings (SSSR count). The van der Waals surface area contributed by atoms with Crippen molar-refractivity contribution in [3.05, 3.63) is 58.2 Å². The Kier molecular flexibility index (Phi) is 4.79. The van der Waals surface area contributed by atoms with Crippen molar-refractivity contribution in [2.45, 2.75) is 34.3 Å². The van der Waals surface area contributed by atoms with Gasteiger partial charge in [0, 0.05) is 13.2 Å². The van der Waals surface area contributed by atoms with E-state index in [1.165, 1.54) is 5.56 Å². The van der Waals surface area contributed by atoms with Gasteiger partial charge >= 0.3 is 0 Å². The molecule has 0 aliphatic rings. The van der Waals surface area contributed by atoms with Crippen molar-refractivity contribution in [3.63, 3.8) is 0 Å². The van der Waals surface area contributed by atoms with Crippen LogP contribution in [0.4, 0.5) is 5.69 Å². The Labute approximate surface area is 151 Å². The van der Waals surface area contributed by atoms with E-state index in [0.717, 1.165) is 17.0 Å². The molecule has 1 N–H and O–H groups in total. The maximum absolute atomic E-state index is 12.6. The molecular weight excluding hydrogens is 332 g/mol. The van der Waals surface area contributed by atoms with Crippen LogP contribution < -0.4 is 10.1 Å². The van der Waals surface area contributed by atoms with Crippen molar-refractivity contribution < 1.29 is 14.1 Å². The van der Waals surface area contributed by atoms with Gasteiger partial charge in [0.25, 0.3) is 5.91 Å². The van der Waals surface area contributed by atoms with Gasteiger partial charge in [-0.1, -0.05) is 22.9 Å². The number of nitrogens with zero attached hydrogens (tertiary/aromatic N) is 3. The second-order valence-electron chi connectivity index (χ2n) is 6.38. The molecule has 1 amide bonds. The fraction of sp³-hybridized carbons (Fsp3) is 0.316. The van der Waals surface area contributed by atoms with Gasteiger partial charge in [-0.05, 0) is 39.3 Å². The molecule has 0 saturated heterocycles. The summed E-state index contributed by atoms with van der Waals surface area (Å²) in [5.74, 6) is 0.977. The maximum Gasteiger partial charge on any atom is 0.278 e. The minimum Gasteiger partial charge on any atom is -0.488 e. The first-order valence-electron chi connectivity index (χ1n) is 8.32. The average Bonchev–Trinajstić information content (AvgIpc) is 3.09. The zero-order chi connectivity index (χ0) is 18.8. The third-order valence-electron chi connectivity index (χ3n) is 4.16. The van der Waals surface area contributed by atoms with Crippen LogP contribution in [-0.4, -0.2) is 20.8 Å². The molecular formula is C19H22N4O3. The molecule has 136 valence electrons. The number of anilines is 1. The molecule has 2 aromatic heterocycles. The van der Waals surface area contributed by atoms with E-state index < -0.39 is 0 Å². The summed E-state index contributed by atoms with van der Waals surface area (Å²) in [4.78, 5) is 12.6. The SMILES string of the molecule is Cc1ccc(OCc2c(C(=O)Nc3cn(C)nc3C)noc2C)c(C)c1. The number of carbonyl (C=O) groups is 1. The summed E-state index contributed by atoms with van der Waals surface area (Å²) >= 11 is 0. The topological polar surface area (TPSA) is 82.2 Å². The zero-order valence-corrected chi connectivity index (χ0v) is 15.6. The standard InChI is InChI=1S/C19H22N4O3/c1-11-6-7-17(12(2)8-11)25-10-15-14(4)26-22-18(15)19(24)20-16-9-23(5)21-13(16)3/h6-9H,10H2,1-5H3,(H,20,24). The fourth-order valence-corrected chi connectivity index (χ4v) is 2.75. The van der Waals surface area contributed by atoms with Crippen LogP contribution in [0.15, 0.2) is 28.9 Å². The van der Waals surface area contributed by atoms with Gasteiger partial charge < -0.3 is 14.6 Å². The van der Waals surface area contributed by atoms with Crippen LogP contribution in [0, 0.1) is 27.7 Å². The number of amides is 1. The van der Waals surface area contributed by atoms with Crippen LogP contribution in [0.5, 0.6) is 5.75 Å². The first-order chi connectivity index (χ1) is 12.3. The molecule has 0 radical (unpaired) electrons. The molecule has 1 aromatic carbocycles. The largest absolute Gasteiger partial charge is 0.488 e. The molecule has 0 atom stereocenters. The lowest BCUT2D eigenvalue weighted by Crippen LogP contribution is -2.15. The van der Waals surface area contributed by atoms with Crippen molar-refractivity contribution in [1.29, 1.82) is 0 Å². The smallest absolute Gasteiger partial charge is 0.278 e. The van der Waals surface area contributed by atoms with Crippen LogP contribution in [0.2, 0.25) is 0 Å². The van der Waals surface area contributed by atoms with Gasteiger partial charge in [-0.25, -0.2) is 0 Å².